The standard InChI is InChI=1S/C12H10Cl3N3O/c13-8-4-10(15)11(5-9(8)14)19-6-7-2-1-3-12(17-7)18-16/h1-5H,6,16H2,(H,17,18). The van der Waals surface area contributed by atoms with Crippen molar-refractivity contribution in [2.45, 2.75) is 6.61 Å². The average Bonchev–Trinajstić information content (AvgIpc) is 2.41. The van der Waals surface area contributed by atoms with Crippen molar-refractivity contribution in [3.8, 4) is 5.75 Å². The quantitative estimate of drug-likeness (QED) is 0.510. The Bertz CT molecular complexity index is 592. The maximum absolute atomic E-state index is 6.01. The summed E-state index contributed by atoms with van der Waals surface area (Å²) < 4.78 is 5.55. The molecule has 1 aromatic heterocycles. The number of pyridine rings is 1. The summed E-state index contributed by atoms with van der Waals surface area (Å²) in [4.78, 5) is 4.21. The van der Waals surface area contributed by atoms with E-state index in [2.05, 4.69) is 10.4 Å². The van der Waals surface area contributed by atoms with Crippen LogP contribution in [0.15, 0.2) is 30.3 Å². The number of hydrogen-bond acceptors (Lipinski definition) is 4. The molecule has 0 spiro atoms. The molecule has 2 rings (SSSR count). The van der Waals surface area contributed by atoms with Crippen LogP contribution in [0.25, 0.3) is 0 Å². The van der Waals surface area contributed by atoms with Gasteiger partial charge in [0.05, 0.1) is 20.8 Å². The molecule has 0 amide bonds. The third-order valence-corrected chi connectivity index (χ3v) is 3.32. The predicted octanol–water partition coefficient (Wildman–Crippen LogP) is 3.91. The Hall–Kier alpha value is -1.20. The van der Waals surface area contributed by atoms with E-state index in [0.717, 1.165) is 0 Å². The summed E-state index contributed by atoms with van der Waals surface area (Å²) in [5, 5.41) is 1.15. The highest BCUT2D eigenvalue weighted by Gasteiger charge is 2.07. The van der Waals surface area contributed by atoms with Gasteiger partial charge < -0.3 is 10.2 Å². The lowest BCUT2D eigenvalue weighted by Crippen LogP contribution is -2.09. The molecule has 0 atom stereocenters. The largest absolute Gasteiger partial charge is 0.486 e. The zero-order valence-corrected chi connectivity index (χ0v) is 11.9. The van der Waals surface area contributed by atoms with Crippen LogP contribution in [0.3, 0.4) is 0 Å². The highest BCUT2D eigenvalue weighted by Crippen LogP contribution is 2.34. The minimum absolute atomic E-state index is 0.243. The Morgan fingerprint density at radius 1 is 1.11 bits per heavy atom. The van der Waals surface area contributed by atoms with Crippen molar-refractivity contribution in [2.24, 2.45) is 5.84 Å². The molecule has 0 bridgehead atoms. The van der Waals surface area contributed by atoms with E-state index in [1.165, 1.54) is 6.07 Å². The summed E-state index contributed by atoms with van der Waals surface area (Å²) in [5.41, 5.74) is 3.17. The first-order valence-corrected chi connectivity index (χ1v) is 6.43. The van der Waals surface area contributed by atoms with Gasteiger partial charge in [0.15, 0.2) is 0 Å². The van der Waals surface area contributed by atoms with Crippen molar-refractivity contribution < 1.29 is 4.74 Å². The van der Waals surface area contributed by atoms with Crippen LogP contribution in [0.4, 0.5) is 5.82 Å². The number of anilines is 1. The topological polar surface area (TPSA) is 60.2 Å². The maximum Gasteiger partial charge on any atom is 0.140 e. The molecule has 2 aromatic rings. The molecule has 3 N–H and O–H groups in total. The number of nitrogen functional groups attached to an aromatic ring is 1. The number of ether oxygens (including phenoxy) is 1. The lowest BCUT2D eigenvalue weighted by Gasteiger charge is -2.09. The third kappa shape index (κ3) is 3.64. The Balaban J connectivity index is 2.12. The summed E-state index contributed by atoms with van der Waals surface area (Å²) in [5.74, 6) is 6.28. The fraction of sp³-hybridized carbons (Fsp3) is 0.0833. The van der Waals surface area contributed by atoms with E-state index in [9.17, 15) is 0 Å². The van der Waals surface area contributed by atoms with Crippen molar-refractivity contribution in [1.29, 1.82) is 0 Å². The van der Waals surface area contributed by atoms with Gasteiger partial charge in [-0.15, -0.1) is 0 Å². The van der Waals surface area contributed by atoms with Crippen LogP contribution >= 0.6 is 34.8 Å². The fourth-order valence-electron chi connectivity index (χ4n) is 1.41. The molecule has 0 unspecified atom stereocenters. The molecule has 0 saturated carbocycles. The van der Waals surface area contributed by atoms with E-state index in [0.29, 0.717) is 32.3 Å². The molecule has 0 radical (unpaired) electrons. The van der Waals surface area contributed by atoms with Gasteiger partial charge >= 0.3 is 0 Å². The number of benzene rings is 1. The number of halogens is 3. The Morgan fingerprint density at radius 2 is 1.84 bits per heavy atom. The summed E-state index contributed by atoms with van der Waals surface area (Å²) >= 11 is 17.7. The second-order valence-electron chi connectivity index (χ2n) is 3.64. The van der Waals surface area contributed by atoms with Crippen molar-refractivity contribution >= 4 is 40.6 Å². The van der Waals surface area contributed by atoms with E-state index in [4.69, 9.17) is 45.4 Å². The number of hydrogen-bond donors (Lipinski definition) is 2. The van der Waals surface area contributed by atoms with Crippen LogP contribution in [0.5, 0.6) is 5.75 Å². The molecule has 0 aliphatic heterocycles. The lowest BCUT2D eigenvalue weighted by molar-refractivity contribution is 0.302. The second kappa shape index (κ2) is 6.30. The van der Waals surface area contributed by atoms with E-state index >= 15 is 0 Å². The highest BCUT2D eigenvalue weighted by molar-refractivity contribution is 6.43. The fourth-order valence-corrected chi connectivity index (χ4v) is 2.00. The first kappa shape index (κ1) is 14.2. The van der Waals surface area contributed by atoms with Gasteiger partial charge in [0.25, 0.3) is 0 Å². The number of nitrogens with one attached hydrogen (secondary N) is 1. The lowest BCUT2D eigenvalue weighted by atomic mass is 10.3. The molecular weight excluding hydrogens is 309 g/mol. The van der Waals surface area contributed by atoms with E-state index in [-0.39, 0.29) is 6.61 Å². The number of nitrogens with zero attached hydrogens (tertiary/aromatic N) is 1. The van der Waals surface area contributed by atoms with Crippen LogP contribution < -0.4 is 16.0 Å². The van der Waals surface area contributed by atoms with Crippen LogP contribution in [0.1, 0.15) is 5.69 Å². The van der Waals surface area contributed by atoms with Gasteiger partial charge in [-0.3, -0.25) is 0 Å². The van der Waals surface area contributed by atoms with E-state index < -0.39 is 0 Å². The van der Waals surface area contributed by atoms with Gasteiger partial charge in [0.2, 0.25) is 0 Å². The van der Waals surface area contributed by atoms with Crippen LogP contribution in [-0.2, 0) is 6.61 Å². The smallest absolute Gasteiger partial charge is 0.140 e. The minimum Gasteiger partial charge on any atom is -0.486 e. The van der Waals surface area contributed by atoms with Gasteiger partial charge in [0.1, 0.15) is 18.2 Å². The summed E-state index contributed by atoms with van der Waals surface area (Å²) in [6, 6.07) is 8.47. The van der Waals surface area contributed by atoms with Crippen molar-refractivity contribution in [2.75, 3.05) is 5.43 Å². The highest BCUT2D eigenvalue weighted by atomic mass is 35.5. The van der Waals surface area contributed by atoms with Crippen LogP contribution in [0.2, 0.25) is 15.1 Å². The molecule has 1 aromatic carbocycles. The van der Waals surface area contributed by atoms with E-state index in [1.807, 2.05) is 12.1 Å². The molecule has 0 saturated heterocycles. The monoisotopic (exact) mass is 317 g/mol. The zero-order valence-electron chi connectivity index (χ0n) is 9.66. The van der Waals surface area contributed by atoms with Crippen molar-refractivity contribution in [1.82, 2.24) is 4.98 Å². The summed E-state index contributed by atoms with van der Waals surface area (Å²) in [6.07, 6.45) is 0. The number of rotatable bonds is 4. The molecule has 1 heterocycles. The van der Waals surface area contributed by atoms with Gasteiger partial charge in [-0.25, -0.2) is 10.8 Å². The van der Waals surface area contributed by atoms with Gasteiger partial charge in [-0.1, -0.05) is 40.9 Å². The molecule has 0 aliphatic rings. The van der Waals surface area contributed by atoms with Crippen LogP contribution in [0, 0.1) is 0 Å². The molecule has 0 aliphatic carbocycles. The maximum atomic E-state index is 6.01. The van der Waals surface area contributed by atoms with E-state index in [1.54, 1.807) is 12.1 Å². The first-order chi connectivity index (χ1) is 9.10. The van der Waals surface area contributed by atoms with Crippen molar-refractivity contribution in [3.63, 3.8) is 0 Å². The molecule has 7 heteroatoms. The average molecular weight is 319 g/mol. The molecule has 4 nitrogen and oxygen atoms in total. The second-order valence-corrected chi connectivity index (χ2v) is 4.87. The van der Waals surface area contributed by atoms with Gasteiger partial charge in [-0.2, -0.15) is 0 Å². The SMILES string of the molecule is NNc1cccc(COc2cc(Cl)c(Cl)cc2Cl)n1. The summed E-state index contributed by atoms with van der Waals surface area (Å²) in [7, 11) is 0. The Kier molecular flexibility index (Phi) is 4.71. The van der Waals surface area contributed by atoms with Crippen LogP contribution in [-0.4, -0.2) is 4.98 Å². The van der Waals surface area contributed by atoms with Gasteiger partial charge in [0, 0.05) is 6.07 Å². The molecule has 0 fully saturated rings. The Labute approximate surface area is 125 Å². The number of aromatic nitrogens is 1. The third-order valence-electron chi connectivity index (χ3n) is 2.31. The normalized spacial score (nSPS) is 10.3. The minimum atomic E-state index is 0.243. The molecule has 100 valence electrons. The van der Waals surface area contributed by atoms with Gasteiger partial charge in [-0.05, 0) is 18.2 Å². The van der Waals surface area contributed by atoms with Crippen molar-refractivity contribution in [3.05, 3.63) is 51.1 Å². The molecule has 19 heavy (non-hydrogen) atoms. The predicted molar refractivity (Wildman–Crippen MR) is 77.9 cm³/mol. The number of hydrazine groups is 1. The molecular formula is C12H10Cl3N3O. The zero-order chi connectivity index (χ0) is 13.8. The summed E-state index contributed by atoms with van der Waals surface area (Å²) in [6.45, 7) is 0.243. The number of nitrogens with two attached hydrogens (primary N) is 1. The Morgan fingerprint density at radius 3 is 2.58 bits per heavy atom. The first-order valence-electron chi connectivity index (χ1n) is 5.30.